The summed E-state index contributed by atoms with van der Waals surface area (Å²) < 4.78 is 0. The highest BCUT2D eigenvalue weighted by molar-refractivity contribution is 7.98. The summed E-state index contributed by atoms with van der Waals surface area (Å²) in [6.45, 7) is 0. The lowest BCUT2D eigenvalue weighted by atomic mass is 10.1. The average molecular weight is 512 g/mol. The molecule has 0 aliphatic carbocycles. The Bertz CT molecular complexity index is 655. The minimum atomic E-state index is -1.24. The fourth-order valence-electron chi connectivity index (χ4n) is 2.45. The Labute approximate surface area is 201 Å². The number of primary amides is 1. The van der Waals surface area contributed by atoms with Crippen molar-refractivity contribution in [2.24, 2.45) is 11.5 Å². The smallest absolute Gasteiger partial charge is 0.327 e. The topological polar surface area (TPSA) is 194 Å². The molecule has 0 aromatic heterocycles. The normalized spacial score (nSPS) is 14.5. The fourth-order valence-corrected chi connectivity index (χ4v) is 3.64. The highest BCUT2D eigenvalue weighted by Crippen LogP contribution is 2.06. The average Bonchev–Trinajstić information content (AvgIpc) is 2.74. The molecular formula is C18H33N5O6S3. The van der Waals surface area contributed by atoms with Crippen molar-refractivity contribution in [3.8, 4) is 0 Å². The molecule has 0 bridgehead atoms. The van der Waals surface area contributed by atoms with Crippen LogP contribution in [0.5, 0.6) is 0 Å². The summed E-state index contributed by atoms with van der Waals surface area (Å²) in [5, 5.41) is 16.6. The zero-order valence-corrected chi connectivity index (χ0v) is 20.7. The molecule has 0 fully saturated rings. The van der Waals surface area contributed by atoms with Gasteiger partial charge in [0.1, 0.15) is 18.1 Å². The van der Waals surface area contributed by atoms with Gasteiger partial charge in [0.2, 0.25) is 23.6 Å². The van der Waals surface area contributed by atoms with E-state index in [1.54, 1.807) is 0 Å². The van der Waals surface area contributed by atoms with E-state index in [0.29, 0.717) is 11.5 Å². The van der Waals surface area contributed by atoms with Crippen LogP contribution in [0.2, 0.25) is 0 Å². The molecule has 0 aliphatic rings. The van der Waals surface area contributed by atoms with Crippen LogP contribution in [0.4, 0.5) is 0 Å². The second kappa shape index (κ2) is 16.9. The van der Waals surface area contributed by atoms with Gasteiger partial charge in [0, 0.05) is 12.2 Å². The number of aliphatic carboxylic acids is 1. The molecule has 0 aromatic carbocycles. The maximum Gasteiger partial charge on any atom is 0.327 e. The van der Waals surface area contributed by atoms with Gasteiger partial charge in [-0.2, -0.15) is 36.2 Å². The first-order valence-electron chi connectivity index (χ1n) is 9.83. The number of carboxylic acids is 1. The SMILES string of the molecule is CSCCC(NC(=O)C(N)CCC(N)=O)C(=O)NC(CCSC)C(=O)NC(CS)C(=O)O. The molecule has 0 heterocycles. The van der Waals surface area contributed by atoms with Crippen molar-refractivity contribution in [1.29, 1.82) is 0 Å². The lowest BCUT2D eigenvalue weighted by Crippen LogP contribution is -2.57. The number of thiol groups is 1. The number of hydrogen-bond donors (Lipinski definition) is 7. The molecule has 0 saturated heterocycles. The molecule has 32 heavy (non-hydrogen) atoms. The summed E-state index contributed by atoms with van der Waals surface area (Å²) in [7, 11) is 0. The number of hydrogen-bond acceptors (Lipinski definition) is 9. The second-order valence-corrected chi connectivity index (χ2v) is 9.22. The first-order chi connectivity index (χ1) is 15.1. The Morgan fingerprint density at radius 3 is 1.66 bits per heavy atom. The summed E-state index contributed by atoms with van der Waals surface area (Å²) in [6, 6.07) is -4.17. The molecule has 0 rings (SSSR count). The number of amides is 4. The third-order valence-electron chi connectivity index (χ3n) is 4.32. The summed E-state index contributed by atoms with van der Waals surface area (Å²) >= 11 is 6.85. The van der Waals surface area contributed by atoms with E-state index >= 15 is 0 Å². The highest BCUT2D eigenvalue weighted by Gasteiger charge is 2.29. The fraction of sp³-hybridized carbons (Fsp3) is 0.722. The van der Waals surface area contributed by atoms with E-state index in [0.717, 1.165) is 0 Å². The zero-order valence-electron chi connectivity index (χ0n) is 18.2. The number of carbonyl (C=O) groups is 5. The summed E-state index contributed by atoms with van der Waals surface area (Å²) in [4.78, 5) is 59.9. The molecule has 4 unspecified atom stereocenters. The maximum absolute atomic E-state index is 12.9. The number of thioether (sulfide) groups is 2. The summed E-state index contributed by atoms with van der Waals surface area (Å²) in [5.74, 6) is -2.70. The quantitative estimate of drug-likeness (QED) is 0.114. The van der Waals surface area contributed by atoms with Crippen LogP contribution in [0.1, 0.15) is 25.7 Å². The van der Waals surface area contributed by atoms with Crippen LogP contribution >= 0.6 is 36.2 Å². The van der Waals surface area contributed by atoms with Crippen molar-refractivity contribution in [2.45, 2.75) is 49.9 Å². The lowest BCUT2D eigenvalue weighted by Gasteiger charge is -2.25. The Morgan fingerprint density at radius 2 is 1.28 bits per heavy atom. The molecule has 0 aliphatic heterocycles. The van der Waals surface area contributed by atoms with Crippen molar-refractivity contribution in [3.63, 3.8) is 0 Å². The number of nitrogens with one attached hydrogen (secondary N) is 3. The van der Waals surface area contributed by atoms with Crippen LogP contribution in [0.25, 0.3) is 0 Å². The molecule has 0 radical (unpaired) electrons. The van der Waals surface area contributed by atoms with Gasteiger partial charge >= 0.3 is 5.97 Å². The van der Waals surface area contributed by atoms with Crippen LogP contribution in [0.15, 0.2) is 0 Å². The first-order valence-corrected chi connectivity index (χ1v) is 13.3. The molecule has 0 aromatic rings. The van der Waals surface area contributed by atoms with E-state index < -0.39 is 53.8 Å². The lowest BCUT2D eigenvalue weighted by molar-refractivity contribution is -0.141. The van der Waals surface area contributed by atoms with Gasteiger partial charge in [0.15, 0.2) is 0 Å². The molecule has 184 valence electrons. The molecule has 0 saturated carbocycles. The molecule has 8 N–H and O–H groups in total. The Hall–Kier alpha value is -1.64. The van der Waals surface area contributed by atoms with Crippen LogP contribution in [-0.4, -0.2) is 88.6 Å². The monoisotopic (exact) mass is 511 g/mol. The van der Waals surface area contributed by atoms with Gasteiger partial charge in [0.05, 0.1) is 6.04 Å². The van der Waals surface area contributed by atoms with E-state index in [1.165, 1.54) is 23.5 Å². The molecule has 14 heteroatoms. The predicted octanol–water partition coefficient (Wildman–Crippen LogP) is -1.45. The zero-order chi connectivity index (χ0) is 24.7. The second-order valence-electron chi connectivity index (χ2n) is 6.88. The van der Waals surface area contributed by atoms with Gasteiger partial charge in [-0.25, -0.2) is 4.79 Å². The van der Waals surface area contributed by atoms with Gasteiger partial charge < -0.3 is 32.5 Å². The van der Waals surface area contributed by atoms with E-state index in [-0.39, 0.29) is 31.4 Å². The summed E-state index contributed by atoms with van der Waals surface area (Å²) in [6.07, 6.45) is 4.19. The predicted molar refractivity (Wildman–Crippen MR) is 130 cm³/mol. The largest absolute Gasteiger partial charge is 0.480 e. The van der Waals surface area contributed by atoms with Crippen molar-refractivity contribution in [2.75, 3.05) is 29.8 Å². The molecule has 4 atom stereocenters. The van der Waals surface area contributed by atoms with Gasteiger partial charge in [-0.15, -0.1) is 0 Å². The minimum Gasteiger partial charge on any atom is -0.480 e. The molecular weight excluding hydrogens is 478 g/mol. The summed E-state index contributed by atoms with van der Waals surface area (Å²) in [5.41, 5.74) is 10.8. The molecule has 0 spiro atoms. The van der Waals surface area contributed by atoms with Crippen molar-refractivity contribution < 1.29 is 29.1 Å². The third-order valence-corrected chi connectivity index (χ3v) is 5.98. The van der Waals surface area contributed by atoms with E-state index in [1.807, 2.05) is 12.5 Å². The van der Waals surface area contributed by atoms with Gasteiger partial charge in [-0.05, 0) is 43.3 Å². The number of carbonyl (C=O) groups excluding carboxylic acids is 4. The standard InChI is InChI=1S/C18H33N5O6S3/c1-31-7-5-11(21-15(25)10(19)3-4-14(20)24)16(26)22-12(6-8-32-2)17(27)23-13(9-30)18(28)29/h10-13,30H,3-9,19H2,1-2H3,(H2,20,24)(H,21,25)(H,22,26)(H,23,27)(H,28,29). The van der Waals surface area contributed by atoms with E-state index in [9.17, 15) is 24.0 Å². The number of rotatable bonds is 17. The molecule has 4 amide bonds. The minimum absolute atomic E-state index is 0.0388. The number of nitrogens with two attached hydrogens (primary N) is 2. The van der Waals surface area contributed by atoms with Gasteiger partial charge in [0.25, 0.3) is 0 Å². The Kier molecular flexibility index (Phi) is 16.1. The van der Waals surface area contributed by atoms with E-state index in [4.69, 9.17) is 16.6 Å². The van der Waals surface area contributed by atoms with Crippen LogP contribution in [-0.2, 0) is 24.0 Å². The third kappa shape index (κ3) is 12.4. The van der Waals surface area contributed by atoms with Crippen LogP contribution < -0.4 is 27.4 Å². The van der Waals surface area contributed by atoms with Crippen LogP contribution in [0, 0.1) is 0 Å². The van der Waals surface area contributed by atoms with Crippen molar-refractivity contribution >= 4 is 65.8 Å². The Morgan fingerprint density at radius 1 is 0.844 bits per heavy atom. The first kappa shape index (κ1) is 30.4. The molecule has 11 nitrogen and oxygen atoms in total. The van der Waals surface area contributed by atoms with Crippen LogP contribution in [0.3, 0.4) is 0 Å². The maximum atomic E-state index is 12.9. The van der Waals surface area contributed by atoms with Crippen molar-refractivity contribution in [1.82, 2.24) is 16.0 Å². The highest BCUT2D eigenvalue weighted by atomic mass is 32.2. The van der Waals surface area contributed by atoms with E-state index in [2.05, 4.69) is 28.6 Å². The number of carboxylic acid groups (broad SMARTS) is 1. The van der Waals surface area contributed by atoms with Crippen molar-refractivity contribution in [3.05, 3.63) is 0 Å². The van der Waals surface area contributed by atoms with Gasteiger partial charge in [-0.1, -0.05) is 0 Å². The van der Waals surface area contributed by atoms with Gasteiger partial charge in [-0.3, -0.25) is 19.2 Å². The Balaban J connectivity index is 5.29.